The fraction of sp³-hybridized carbons (Fsp3) is 0. The van der Waals surface area contributed by atoms with Crippen LogP contribution >= 0.6 is 15.9 Å². The van der Waals surface area contributed by atoms with Crippen LogP contribution in [0.4, 0.5) is 0 Å². The molecule has 1 aromatic heterocycles. The van der Waals surface area contributed by atoms with Crippen LogP contribution in [0.15, 0.2) is 47.2 Å². The van der Waals surface area contributed by atoms with Gasteiger partial charge in [0, 0.05) is 16.7 Å². The van der Waals surface area contributed by atoms with Crippen molar-refractivity contribution in [2.75, 3.05) is 0 Å². The van der Waals surface area contributed by atoms with E-state index in [1.54, 1.807) is 42.7 Å². The minimum absolute atomic E-state index is 0.176. The van der Waals surface area contributed by atoms with Gasteiger partial charge in [-0.1, -0.05) is 6.07 Å². The lowest BCUT2D eigenvalue weighted by atomic mass is 10.3. The van der Waals surface area contributed by atoms with Crippen molar-refractivity contribution in [3.8, 4) is 17.2 Å². The van der Waals surface area contributed by atoms with Crippen molar-refractivity contribution >= 4 is 15.9 Å². The van der Waals surface area contributed by atoms with Gasteiger partial charge in [0.1, 0.15) is 17.2 Å². The second-order valence-corrected chi connectivity index (χ2v) is 3.85. The fourth-order valence-electron chi connectivity index (χ4n) is 1.13. The van der Waals surface area contributed by atoms with Crippen molar-refractivity contribution in [2.45, 2.75) is 0 Å². The van der Waals surface area contributed by atoms with Gasteiger partial charge in [-0.05, 0) is 34.1 Å². The molecule has 0 fully saturated rings. The summed E-state index contributed by atoms with van der Waals surface area (Å²) in [5.74, 6) is 1.38. The number of nitrogens with zero attached hydrogens (tertiary/aromatic N) is 1. The number of pyridine rings is 1. The molecule has 0 aliphatic heterocycles. The van der Waals surface area contributed by atoms with E-state index in [4.69, 9.17) is 4.74 Å². The molecule has 0 unspecified atom stereocenters. The highest BCUT2D eigenvalue weighted by Crippen LogP contribution is 2.25. The predicted molar refractivity (Wildman–Crippen MR) is 60.1 cm³/mol. The molecule has 0 saturated heterocycles. The molecule has 0 bridgehead atoms. The summed E-state index contributed by atoms with van der Waals surface area (Å²) in [6.07, 6.45) is 3.28. The number of hydrogen-bond acceptors (Lipinski definition) is 3. The summed E-state index contributed by atoms with van der Waals surface area (Å²) in [7, 11) is 0. The van der Waals surface area contributed by atoms with E-state index in [1.165, 1.54) is 0 Å². The van der Waals surface area contributed by atoms with Gasteiger partial charge in [-0.2, -0.15) is 0 Å². The molecule has 0 aliphatic rings. The zero-order chi connectivity index (χ0) is 10.7. The highest BCUT2D eigenvalue weighted by atomic mass is 79.9. The quantitative estimate of drug-likeness (QED) is 0.906. The van der Waals surface area contributed by atoms with Crippen LogP contribution < -0.4 is 4.74 Å². The number of rotatable bonds is 2. The van der Waals surface area contributed by atoms with Gasteiger partial charge >= 0.3 is 0 Å². The Morgan fingerprint density at radius 1 is 1.13 bits per heavy atom. The number of hydrogen-bond donors (Lipinski definition) is 1. The highest BCUT2D eigenvalue weighted by molar-refractivity contribution is 9.10. The van der Waals surface area contributed by atoms with Crippen LogP contribution in [0.25, 0.3) is 0 Å². The lowest BCUT2D eigenvalue weighted by Crippen LogP contribution is -1.84. The molecule has 1 N–H and O–H groups in total. The summed E-state index contributed by atoms with van der Waals surface area (Å²) in [6, 6.07) is 8.42. The summed E-state index contributed by atoms with van der Waals surface area (Å²) >= 11 is 3.30. The molecule has 0 atom stereocenters. The van der Waals surface area contributed by atoms with Crippen molar-refractivity contribution in [1.82, 2.24) is 4.98 Å². The number of phenolic OH excluding ortho intramolecular Hbond substituents is 1. The Bertz CT molecular complexity index is 430. The summed E-state index contributed by atoms with van der Waals surface area (Å²) < 4.78 is 6.33. The Morgan fingerprint density at radius 2 is 2.00 bits per heavy atom. The topological polar surface area (TPSA) is 42.4 Å². The fourth-order valence-corrected chi connectivity index (χ4v) is 1.48. The van der Waals surface area contributed by atoms with Crippen LogP contribution in [0.2, 0.25) is 0 Å². The Kier molecular flexibility index (Phi) is 2.87. The molecular formula is C11H8BrNO2. The molecule has 0 spiro atoms. The highest BCUT2D eigenvalue weighted by Gasteiger charge is 1.99. The normalized spacial score (nSPS) is 9.93. The lowest BCUT2D eigenvalue weighted by molar-refractivity contribution is 0.454. The van der Waals surface area contributed by atoms with Gasteiger partial charge in [-0.25, -0.2) is 0 Å². The summed E-state index contributed by atoms with van der Waals surface area (Å²) in [5, 5.41) is 9.24. The third-order valence-electron chi connectivity index (χ3n) is 1.73. The average molecular weight is 266 g/mol. The van der Waals surface area contributed by atoms with Crippen molar-refractivity contribution < 1.29 is 9.84 Å². The minimum atomic E-state index is 0.176. The SMILES string of the molecule is Oc1cccc(Oc2cncc(Br)c2)c1. The zero-order valence-corrected chi connectivity index (χ0v) is 9.31. The molecule has 1 heterocycles. The largest absolute Gasteiger partial charge is 0.508 e. The number of ether oxygens (including phenoxy) is 1. The number of benzene rings is 1. The number of halogens is 1. The molecule has 2 aromatic rings. The van der Waals surface area contributed by atoms with Crippen LogP contribution in [-0.4, -0.2) is 10.1 Å². The Labute approximate surface area is 95.5 Å². The minimum Gasteiger partial charge on any atom is -0.508 e. The third-order valence-corrected chi connectivity index (χ3v) is 2.17. The number of aromatic hydroxyl groups is 1. The Hall–Kier alpha value is -1.55. The van der Waals surface area contributed by atoms with Crippen LogP contribution in [0, 0.1) is 0 Å². The van der Waals surface area contributed by atoms with Crippen molar-refractivity contribution in [2.24, 2.45) is 0 Å². The molecule has 1 aromatic carbocycles. The Morgan fingerprint density at radius 3 is 2.73 bits per heavy atom. The third kappa shape index (κ3) is 2.70. The first-order valence-corrected chi connectivity index (χ1v) is 5.11. The van der Waals surface area contributed by atoms with Crippen molar-refractivity contribution in [1.29, 1.82) is 0 Å². The maximum absolute atomic E-state index is 9.24. The van der Waals surface area contributed by atoms with Gasteiger partial charge in [0.25, 0.3) is 0 Å². The first-order chi connectivity index (χ1) is 7.24. The molecule has 0 aliphatic carbocycles. The average Bonchev–Trinajstić information content (AvgIpc) is 2.17. The summed E-state index contributed by atoms with van der Waals surface area (Å²) in [6.45, 7) is 0. The molecule has 15 heavy (non-hydrogen) atoms. The van der Waals surface area contributed by atoms with E-state index in [0.717, 1.165) is 4.47 Å². The maximum atomic E-state index is 9.24. The van der Waals surface area contributed by atoms with Gasteiger partial charge in [0.2, 0.25) is 0 Å². The molecule has 0 saturated carbocycles. The number of phenols is 1. The predicted octanol–water partition coefficient (Wildman–Crippen LogP) is 3.34. The molecule has 76 valence electrons. The van der Waals surface area contributed by atoms with E-state index in [9.17, 15) is 5.11 Å². The Balaban J connectivity index is 2.22. The molecular weight excluding hydrogens is 258 g/mol. The van der Waals surface area contributed by atoms with E-state index < -0.39 is 0 Å². The van der Waals surface area contributed by atoms with Gasteiger partial charge in [0.05, 0.1) is 6.20 Å². The van der Waals surface area contributed by atoms with Crippen molar-refractivity contribution in [3.05, 3.63) is 47.2 Å². The maximum Gasteiger partial charge on any atom is 0.146 e. The van der Waals surface area contributed by atoms with Gasteiger partial charge in [-0.3, -0.25) is 4.98 Å². The first kappa shape index (κ1) is 9.98. The van der Waals surface area contributed by atoms with Gasteiger partial charge < -0.3 is 9.84 Å². The second kappa shape index (κ2) is 4.31. The standard InChI is InChI=1S/C11H8BrNO2/c12-8-4-11(7-13-6-8)15-10-3-1-2-9(14)5-10/h1-7,14H. The van der Waals surface area contributed by atoms with E-state index in [0.29, 0.717) is 11.5 Å². The lowest BCUT2D eigenvalue weighted by Gasteiger charge is -2.05. The van der Waals surface area contributed by atoms with E-state index in [-0.39, 0.29) is 5.75 Å². The summed E-state index contributed by atoms with van der Waals surface area (Å²) in [4.78, 5) is 3.97. The van der Waals surface area contributed by atoms with Crippen LogP contribution in [0.1, 0.15) is 0 Å². The molecule has 0 amide bonds. The first-order valence-electron chi connectivity index (χ1n) is 4.31. The van der Waals surface area contributed by atoms with Gasteiger partial charge in [0.15, 0.2) is 0 Å². The van der Waals surface area contributed by atoms with E-state index >= 15 is 0 Å². The van der Waals surface area contributed by atoms with Gasteiger partial charge in [-0.15, -0.1) is 0 Å². The van der Waals surface area contributed by atoms with Crippen LogP contribution in [0.3, 0.4) is 0 Å². The second-order valence-electron chi connectivity index (χ2n) is 2.94. The van der Waals surface area contributed by atoms with Crippen LogP contribution in [-0.2, 0) is 0 Å². The molecule has 0 radical (unpaired) electrons. The molecule has 4 heteroatoms. The van der Waals surface area contributed by atoms with Crippen molar-refractivity contribution in [3.63, 3.8) is 0 Å². The summed E-state index contributed by atoms with van der Waals surface area (Å²) in [5.41, 5.74) is 0. The van der Waals surface area contributed by atoms with E-state index in [2.05, 4.69) is 20.9 Å². The molecule has 2 rings (SSSR count). The zero-order valence-electron chi connectivity index (χ0n) is 7.72. The number of aromatic nitrogens is 1. The van der Waals surface area contributed by atoms with Crippen LogP contribution in [0.5, 0.6) is 17.2 Å². The monoisotopic (exact) mass is 265 g/mol. The molecule has 3 nitrogen and oxygen atoms in total. The van der Waals surface area contributed by atoms with E-state index in [1.807, 2.05) is 0 Å². The smallest absolute Gasteiger partial charge is 0.146 e.